The van der Waals surface area contributed by atoms with Crippen LogP contribution in [0.5, 0.6) is 0 Å². The molecule has 3 amide bonds. The summed E-state index contributed by atoms with van der Waals surface area (Å²) in [7, 11) is 1.57. The van der Waals surface area contributed by atoms with Gasteiger partial charge in [0.1, 0.15) is 0 Å². The second kappa shape index (κ2) is 9.44. The van der Waals surface area contributed by atoms with Crippen molar-refractivity contribution in [2.45, 2.75) is 19.4 Å². The van der Waals surface area contributed by atoms with Crippen LogP contribution in [-0.4, -0.2) is 25.7 Å². The van der Waals surface area contributed by atoms with Crippen LogP contribution < -0.4 is 16.0 Å². The third-order valence-corrected chi connectivity index (χ3v) is 3.61. The van der Waals surface area contributed by atoms with E-state index in [0.29, 0.717) is 18.7 Å². The summed E-state index contributed by atoms with van der Waals surface area (Å²) >= 11 is 0. The summed E-state index contributed by atoms with van der Waals surface area (Å²) in [6, 6.07) is 16.2. The molecule has 2 aromatic rings. The van der Waals surface area contributed by atoms with E-state index in [4.69, 9.17) is 4.74 Å². The van der Waals surface area contributed by atoms with Crippen molar-refractivity contribution in [3.63, 3.8) is 0 Å². The molecule has 0 saturated heterocycles. The normalized spacial score (nSPS) is 11.4. The molecule has 0 saturated carbocycles. The van der Waals surface area contributed by atoms with Gasteiger partial charge in [-0.2, -0.15) is 0 Å². The molecule has 1 atom stereocenters. The van der Waals surface area contributed by atoms with Gasteiger partial charge in [0.15, 0.2) is 0 Å². The zero-order valence-electron chi connectivity index (χ0n) is 14.4. The summed E-state index contributed by atoms with van der Waals surface area (Å²) in [4.78, 5) is 23.7. The third-order valence-electron chi connectivity index (χ3n) is 3.61. The van der Waals surface area contributed by atoms with Crippen molar-refractivity contribution in [1.29, 1.82) is 0 Å². The highest BCUT2D eigenvalue weighted by atomic mass is 16.5. The molecule has 2 rings (SSSR count). The molecule has 0 spiro atoms. The van der Waals surface area contributed by atoms with Crippen LogP contribution in [0.1, 0.15) is 24.9 Å². The molecule has 2 aromatic carbocycles. The number of carbonyl (C=O) groups excluding carboxylic acids is 2. The highest BCUT2D eigenvalue weighted by Gasteiger charge is 2.10. The number of hydrogen-bond acceptors (Lipinski definition) is 3. The SMILES string of the molecule is COCCC(=O)N[C@@H](C)c1ccc(NC(=O)Nc2ccccc2)cc1. The lowest BCUT2D eigenvalue weighted by atomic mass is 10.1. The zero-order valence-corrected chi connectivity index (χ0v) is 14.4. The Balaban J connectivity index is 1.86. The molecule has 6 nitrogen and oxygen atoms in total. The number of anilines is 2. The number of ether oxygens (including phenoxy) is 1. The van der Waals surface area contributed by atoms with E-state index in [1.807, 2.05) is 49.4 Å². The second-order valence-corrected chi connectivity index (χ2v) is 5.60. The maximum atomic E-state index is 12.0. The number of nitrogens with one attached hydrogen (secondary N) is 3. The van der Waals surface area contributed by atoms with Gasteiger partial charge in [0.25, 0.3) is 0 Å². The van der Waals surface area contributed by atoms with Crippen molar-refractivity contribution in [2.75, 3.05) is 24.4 Å². The number of benzene rings is 2. The summed E-state index contributed by atoms with van der Waals surface area (Å²) in [6.45, 7) is 2.31. The molecule has 25 heavy (non-hydrogen) atoms. The van der Waals surface area contributed by atoms with Crippen LogP contribution in [0, 0.1) is 0 Å². The van der Waals surface area contributed by atoms with Crippen LogP contribution in [0.4, 0.5) is 16.2 Å². The average Bonchev–Trinajstić information content (AvgIpc) is 2.61. The Morgan fingerprint density at radius 1 is 0.960 bits per heavy atom. The minimum Gasteiger partial charge on any atom is -0.384 e. The Bertz CT molecular complexity index is 687. The Morgan fingerprint density at radius 3 is 2.16 bits per heavy atom. The van der Waals surface area contributed by atoms with E-state index in [-0.39, 0.29) is 18.0 Å². The first-order valence-corrected chi connectivity index (χ1v) is 8.10. The highest BCUT2D eigenvalue weighted by Crippen LogP contribution is 2.16. The fourth-order valence-electron chi connectivity index (χ4n) is 2.26. The van der Waals surface area contributed by atoms with Gasteiger partial charge in [-0.15, -0.1) is 0 Å². The number of para-hydroxylation sites is 1. The van der Waals surface area contributed by atoms with Gasteiger partial charge in [-0.1, -0.05) is 30.3 Å². The Hall–Kier alpha value is -2.86. The molecule has 0 aliphatic heterocycles. The molecule has 0 aliphatic carbocycles. The van der Waals surface area contributed by atoms with Crippen molar-refractivity contribution in [3.05, 3.63) is 60.2 Å². The minimum absolute atomic E-state index is 0.0567. The molecule has 6 heteroatoms. The van der Waals surface area contributed by atoms with Crippen LogP contribution in [0.25, 0.3) is 0 Å². The standard InChI is InChI=1S/C19H23N3O3/c1-14(20-18(23)12-13-25-2)15-8-10-17(11-9-15)22-19(24)21-16-6-4-3-5-7-16/h3-11,14H,12-13H2,1-2H3,(H,20,23)(H2,21,22,24)/t14-/m0/s1. The molecular weight excluding hydrogens is 318 g/mol. The van der Waals surface area contributed by atoms with Gasteiger partial charge in [0.05, 0.1) is 12.6 Å². The predicted octanol–water partition coefficient (Wildman–Crippen LogP) is 3.54. The first-order chi connectivity index (χ1) is 12.1. The van der Waals surface area contributed by atoms with E-state index in [1.54, 1.807) is 19.2 Å². The maximum Gasteiger partial charge on any atom is 0.323 e. The smallest absolute Gasteiger partial charge is 0.323 e. The zero-order chi connectivity index (χ0) is 18.1. The van der Waals surface area contributed by atoms with Crippen molar-refractivity contribution < 1.29 is 14.3 Å². The molecule has 0 bridgehead atoms. The first-order valence-electron chi connectivity index (χ1n) is 8.10. The first kappa shape index (κ1) is 18.5. The lowest BCUT2D eigenvalue weighted by Gasteiger charge is -2.15. The minimum atomic E-state index is -0.306. The number of carbonyl (C=O) groups is 2. The van der Waals surface area contributed by atoms with Gasteiger partial charge in [0.2, 0.25) is 5.91 Å². The number of rotatable bonds is 7. The summed E-state index contributed by atoms with van der Waals surface area (Å²) in [5, 5.41) is 8.43. The van der Waals surface area contributed by atoms with Crippen molar-refractivity contribution in [1.82, 2.24) is 5.32 Å². The van der Waals surface area contributed by atoms with Gasteiger partial charge in [-0.25, -0.2) is 4.79 Å². The average molecular weight is 341 g/mol. The largest absolute Gasteiger partial charge is 0.384 e. The maximum absolute atomic E-state index is 12.0. The predicted molar refractivity (Wildman–Crippen MR) is 98.6 cm³/mol. The lowest BCUT2D eigenvalue weighted by Crippen LogP contribution is -2.27. The van der Waals surface area contributed by atoms with Gasteiger partial charge >= 0.3 is 6.03 Å². The van der Waals surface area contributed by atoms with E-state index in [1.165, 1.54) is 0 Å². The molecule has 0 fully saturated rings. The van der Waals surface area contributed by atoms with Gasteiger partial charge in [0, 0.05) is 24.9 Å². The number of hydrogen-bond donors (Lipinski definition) is 3. The van der Waals surface area contributed by atoms with Crippen molar-refractivity contribution >= 4 is 23.3 Å². The summed E-state index contributed by atoms with van der Waals surface area (Å²) in [5.74, 6) is -0.0567. The number of urea groups is 1. The Kier molecular flexibility index (Phi) is 6.98. The molecule has 0 unspecified atom stereocenters. The molecule has 0 radical (unpaired) electrons. The van der Waals surface area contributed by atoms with E-state index < -0.39 is 0 Å². The van der Waals surface area contributed by atoms with Gasteiger partial charge in [-0.3, -0.25) is 4.79 Å². The van der Waals surface area contributed by atoms with Gasteiger partial charge < -0.3 is 20.7 Å². The van der Waals surface area contributed by atoms with E-state index >= 15 is 0 Å². The fraction of sp³-hybridized carbons (Fsp3) is 0.263. The lowest BCUT2D eigenvalue weighted by molar-refractivity contribution is -0.122. The molecular formula is C19H23N3O3. The molecule has 3 N–H and O–H groups in total. The van der Waals surface area contributed by atoms with Crippen LogP contribution >= 0.6 is 0 Å². The van der Waals surface area contributed by atoms with Crippen molar-refractivity contribution in [3.8, 4) is 0 Å². The van der Waals surface area contributed by atoms with Gasteiger partial charge in [-0.05, 0) is 36.8 Å². The van der Waals surface area contributed by atoms with Crippen LogP contribution in [0.3, 0.4) is 0 Å². The second-order valence-electron chi connectivity index (χ2n) is 5.60. The van der Waals surface area contributed by atoms with Crippen LogP contribution in [-0.2, 0) is 9.53 Å². The monoisotopic (exact) mass is 341 g/mol. The fourth-order valence-corrected chi connectivity index (χ4v) is 2.26. The molecule has 0 aliphatic rings. The topological polar surface area (TPSA) is 79.5 Å². The summed E-state index contributed by atoms with van der Waals surface area (Å²) in [6.07, 6.45) is 0.333. The third kappa shape index (κ3) is 6.27. The summed E-state index contributed by atoms with van der Waals surface area (Å²) in [5.41, 5.74) is 2.36. The number of methoxy groups -OCH3 is 1. The Labute approximate surface area is 147 Å². The molecule has 0 aromatic heterocycles. The quantitative estimate of drug-likeness (QED) is 0.720. The molecule has 132 valence electrons. The summed E-state index contributed by atoms with van der Waals surface area (Å²) < 4.78 is 4.89. The molecule has 0 heterocycles. The van der Waals surface area contributed by atoms with E-state index in [2.05, 4.69) is 16.0 Å². The van der Waals surface area contributed by atoms with Crippen LogP contribution in [0.2, 0.25) is 0 Å². The van der Waals surface area contributed by atoms with E-state index in [0.717, 1.165) is 11.3 Å². The Morgan fingerprint density at radius 2 is 1.56 bits per heavy atom. The van der Waals surface area contributed by atoms with E-state index in [9.17, 15) is 9.59 Å². The number of amides is 3. The van der Waals surface area contributed by atoms with Crippen LogP contribution in [0.15, 0.2) is 54.6 Å². The van der Waals surface area contributed by atoms with Crippen molar-refractivity contribution in [2.24, 2.45) is 0 Å². The highest BCUT2D eigenvalue weighted by molar-refractivity contribution is 5.99.